The summed E-state index contributed by atoms with van der Waals surface area (Å²) in [4.78, 5) is 2.43. The Morgan fingerprint density at radius 2 is 2.13 bits per heavy atom. The lowest BCUT2D eigenvalue weighted by molar-refractivity contribution is 0.140. The zero-order valence-electron chi connectivity index (χ0n) is 9.51. The van der Waals surface area contributed by atoms with Crippen LogP contribution in [0.15, 0.2) is 0 Å². The molecule has 0 radical (unpaired) electrons. The lowest BCUT2D eigenvalue weighted by Crippen LogP contribution is -2.34. The van der Waals surface area contributed by atoms with E-state index < -0.39 is 6.43 Å². The van der Waals surface area contributed by atoms with Gasteiger partial charge in [-0.05, 0) is 45.3 Å². The summed E-state index contributed by atoms with van der Waals surface area (Å²) in [6.07, 6.45) is 2.12. The third kappa shape index (κ3) is 5.42. The van der Waals surface area contributed by atoms with E-state index in [1.807, 2.05) is 0 Å². The highest BCUT2D eigenvalue weighted by molar-refractivity contribution is 4.74. The summed E-state index contributed by atoms with van der Waals surface area (Å²) < 4.78 is 24.0. The molecule has 1 fully saturated rings. The molecule has 0 aromatic carbocycles. The van der Waals surface area contributed by atoms with Gasteiger partial charge in [-0.15, -0.1) is 0 Å². The fourth-order valence-electron chi connectivity index (χ4n) is 2.16. The van der Waals surface area contributed by atoms with Gasteiger partial charge in [0, 0.05) is 6.04 Å². The number of alkyl halides is 2. The first-order valence-electron chi connectivity index (χ1n) is 5.96. The maximum atomic E-state index is 12.0. The second-order valence-electron chi connectivity index (χ2n) is 4.27. The molecule has 1 N–H and O–H groups in total. The van der Waals surface area contributed by atoms with E-state index in [-0.39, 0.29) is 6.54 Å². The van der Waals surface area contributed by atoms with Crippen molar-refractivity contribution in [2.75, 3.05) is 26.2 Å². The van der Waals surface area contributed by atoms with E-state index in [1.165, 1.54) is 6.42 Å². The average molecular weight is 220 g/mol. The van der Waals surface area contributed by atoms with Gasteiger partial charge in [-0.2, -0.15) is 0 Å². The predicted octanol–water partition coefficient (Wildman–Crippen LogP) is 2.11. The molecule has 0 aromatic heterocycles. The Labute approximate surface area is 91.0 Å². The SMILES string of the molecule is CCCN1CCCC(NCC(F)F)CC1. The van der Waals surface area contributed by atoms with Crippen LogP contribution in [0.2, 0.25) is 0 Å². The number of nitrogens with one attached hydrogen (secondary N) is 1. The van der Waals surface area contributed by atoms with Gasteiger partial charge in [0.15, 0.2) is 0 Å². The van der Waals surface area contributed by atoms with Gasteiger partial charge in [0.1, 0.15) is 0 Å². The Morgan fingerprint density at radius 3 is 2.80 bits per heavy atom. The highest BCUT2D eigenvalue weighted by Crippen LogP contribution is 2.11. The Bertz CT molecular complexity index is 165. The normalized spacial score (nSPS) is 24.4. The monoisotopic (exact) mass is 220 g/mol. The maximum Gasteiger partial charge on any atom is 0.250 e. The van der Waals surface area contributed by atoms with Gasteiger partial charge in [-0.3, -0.25) is 0 Å². The Kier molecular flexibility index (Phi) is 6.10. The van der Waals surface area contributed by atoms with E-state index in [2.05, 4.69) is 17.1 Å². The van der Waals surface area contributed by atoms with Crippen LogP contribution in [0.1, 0.15) is 32.6 Å². The molecular formula is C11H22F2N2. The Morgan fingerprint density at radius 1 is 1.33 bits per heavy atom. The largest absolute Gasteiger partial charge is 0.309 e. The molecule has 15 heavy (non-hydrogen) atoms. The number of hydrogen-bond acceptors (Lipinski definition) is 2. The zero-order chi connectivity index (χ0) is 11.1. The third-order valence-corrected chi connectivity index (χ3v) is 2.92. The lowest BCUT2D eigenvalue weighted by Gasteiger charge is -2.19. The average Bonchev–Trinajstić information content (AvgIpc) is 2.41. The van der Waals surface area contributed by atoms with Crippen LogP contribution in [0.3, 0.4) is 0 Å². The summed E-state index contributed by atoms with van der Waals surface area (Å²) in [6, 6.07) is 0.292. The zero-order valence-corrected chi connectivity index (χ0v) is 9.51. The van der Waals surface area contributed by atoms with E-state index in [0.717, 1.165) is 38.9 Å². The summed E-state index contributed by atoms with van der Waals surface area (Å²) in [6.45, 7) is 5.34. The molecule has 0 aromatic rings. The molecule has 1 atom stereocenters. The molecule has 1 aliphatic heterocycles. The summed E-state index contributed by atoms with van der Waals surface area (Å²) in [5.41, 5.74) is 0. The van der Waals surface area contributed by atoms with Gasteiger partial charge in [0.25, 0.3) is 6.43 Å². The molecule has 90 valence electrons. The fraction of sp³-hybridized carbons (Fsp3) is 1.00. The minimum Gasteiger partial charge on any atom is -0.309 e. The quantitative estimate of drug-likeness (QED) is 0.763. The molecule has 0 bridgehead atoms. The van der Waals surface area contributed by atoms with E-state index >= 15 is 0 Å². The van der Waals surface area contributed by atoms with Crippen molar-refractivity contribution < 1.29 is 8.78 Å². The second kappa shape index (κ2) is 7.12. The first kappa shape index (κ1) is 12.8. The molecule has 1 saturated heterocycles. The smallest absolute Gasteiger partial charge is 0.250 e. The molecule has 4 heteroatoms. The minimum atomic E-state index is -2.22. The number of nitrogens with zero attached hydrogens (tertiary/aromatic N) is 1. The number of rotatable bonds is 5. The number of halogens is 2. The van der Waals surface area contributed by atoms with Crippen LogP contribution in [-0.2, 0) is 0 Å². The third-order valence-electron chi connectivity index (χ3n) is 2.92. The number of likely N-dealkylation sites (tertiary alicyclic amines) is 1. The lowest BCUT2D eigenvalue weighted by atomic mass is 10.1. The molecule has 0 spiro atoms. The van der Waals surface area contributed by atoms with E-state index in [1.54, 1.807) is 0 Å². The molecule has 0 saturated carbocycles. The van der Waals surface area contributed by atoms with Crippen molar-refractivity contribution in [3.8, 4) is 0 Å². The van der Waals surface area contributed by atoms with Gasteiger partial charge >= 0.3 is 0 Å². The van der Waals surface area contributed by atoms with Crippen molar-refractivity contribution in [3.05, 3.63) is 0 Å². The van der Waals surface area contributed by atoms with Gasteiger partial charge in [0.2, 0.25) is 0 Å². The predicted molar refractivity (Wildman–Crippen MR) is 58.4 cm³/mol. The highest BCUT2D eigenvalue weighted by Gasteiger charge is 2.16. The first-order chi connectivity index (χ1) is 7.22. The van der Waals surface area contributed by atoms with E-state index in [0.29, 0.717) is 6.04 Å². The number of hydrogen-bond donors (Lipinski definition) is 1. The van der Waals surface area contributed by atoms with Crippen molar-refractivity contribution in [2.24, 2.45) is 0 Å². The first-order valence-corrected chi connectivity index (χ1v) is 5.96. The second-order valence-corrected chi connectivity index (χ2v) is 4.27. The minimum absolute atomic E-state index is 0.154. The molecule has 2 nitrogen and oxygen atoms in total. The van der Waals surface area contributed by atoms with Gasteiger partial charge in [-0.25, -0.2) is 8.78 Å². The van der Waals surface area contributed by atoms with Crippen LogP contribution in [0.4, 0.5) is 8.78 Å². The molecule has 0 amide bonds. The van der Waals surface area contributed by atoms with Gasteiger partial charge in [0.05, 0.1) is 6.54 Å². The van der Waals surface area contributed by atoms with Crippen LogP contribution >= 0.6 is 0 Å². The van der Waals surface area contributed by atoms with Gasteiger partial charge < -0.3 is 10.2 Å². The molecule has 1 heterocycles. The topological polar surface area (TPSA) is 15.3 Å². The molecular weight excluding hydrogens is 198 g/mol. The van der Waals surface area contributed by atoms with Crippen molar-refractivity contribution >= 4 is 0 Å². The van der Waals surface area contributed by atoms with Crippen LogP contribution in [0, 0.1) is 0 Å². The molecule has 1 unspecified atom stereocenters. The summed E-state index contributed by atoms with van der Waals surface area (Å²) in [5.74, 6) is 0. The Balaban J connectivity index is 2.20. The summed E-state index contributed by atoms with van der Waals surface area (Å²) in [5, 5.41) is 2.95. The van der Waals surface area contributed by atoms with Crippen LogP contribution in [-0.4, -0.2) is 43.5 Å². The van der Waals surface area contributed by atoms with E-state index in [4.69, 9.17) is 0 Å². The highest BCUT2D eigenvalue weighted by atomic mass is 19.3. The van der Waals surface area contributed by atoms with Crippen molar-refractivity contribution in [2.45, 2.75) is 45.1 Å². The van der Waals surface area contributed by atoms with Crippen molar-refractivity contribution in [3.63, 3.8) is 0 Å². The fourth-order valence-corrected chi connectivity index (χ4v) is 2.16. The van der Waals surface area contributed by atoms with Crippen LogP contribution < -0.4 is 5.32 Å². The molecule has 1 rings (SSSR count). The van der Waals surface area contributed by atoms with Crippen LogP contribution in [0.25, 0.3) is 0 Å². The van der Waals surface area contributed by atoms with Crippen molar-refractivity contribution in [1.82, 2.24) is 10.2 Å². The van der Waals surface area contributed by atoms with Gasteiger partial charge in [-0.1, -0.05) is 6.92 Å². The summed E-state index contributed by atoms with van der Waals surface area (Å²) >= 11 is 0. The molecule has 1 aliphatic rings. The maximum absolute atomic E-state index is 12.0. The van der Waals surface area contributed by atoms with Crippen LogP contribution in [0.5, 0.6) is 0 Å². The van der Waals surface area contributed by atoms with Crippen molar-refractivity contribution in [1.29, 1.82) is 0 Å². The Hall–Kier alpha value is -0.220. The standard InChI is InChI=1S/C11H22F2N2/c1-2-6-15-7-3-4-10(5-8-15)14-9-11(12)13/h10-11,14H,2-9H2,1H3. The van der Waals surface area contributed by atoms with E-state index in [9.17, 15) is 8.78 Å². The molecule has 0 aliphatic carbocycles. The summed E-state index contributed by atoms with van der Waals surface area (Å²) in [7, 11) is 0.